The zero-order chi connectivity index (χ0) is 8.72. The van der Waals surface area contributed by atoms with Crippen molar-refractivity contribution in [2.75, 3.05) is 0 Å². The Bertz CT molecular complexity index is 433. The third-order valence-corrected chi connectivity index (χ3v) is 2.39. The zero-order valence-corrected chi connectivity index (χ0v) is 7.31. The van der Waals surface area contributed by atoms with Gasteiger partial charge in [0.05, 0.1) is 15.9 Å². The molecule has 0 saturated carbocycles. The van der Waals surface area contributed by atoms with Gasteiger partial charge in [-0.25, -0.2) is 0 Å². The van der Waals surface area contributed by atoms with Crippen molar-refractivity contribution in [2.45, 2.75) is 6.92 Å². The lowest BCUT2D eigenvalue weighted by atomic mass is 10.2. The number of hydrogen-bond acceptors (Lipinski definition) is 1. The molecule has 1 aromatic carbocycles. The number of fused-ring (bicyclic) bond motifs is 1. The second kappa shape index (κ2) is 2.42. The van der Waals surface area contributed by atoms with E-state index in [4.69, 9.17) is 11.6 Å². The van der Waals surface area contributed by atoms with Crippen molar-refractivity contribution in [3.05, 3.63) is 28.9 Å². The van der Waals surface area contributed by atoms with Crippen LogP contribution in [0.25, 0.3) is 10.9 Å². The first-order valence-corrected chi connectivity index (χ1v) is 4.03. The first-order chi connectivity index (χ1) is 5.70. The normalized spacial score (nSPS) is 10.8. The predicted molar refractivity (Wildman–Crippen MR) is 49.7 cm³/mol. The minimum absolute atomic E-state index is 0.224. The fourth-order valence-electron chi connectivity index (χ4n) is 1.32. The molecule has 1 aromatic heterocycles. The number of benzene rings is 1. The summed E-state index contributed by atoms with van der Waals surface area (Å²) in [7, 11) is 0. The van der Waals surface area contributed by atoms with Gasteiger partial charge < -0.3 is 10.1 Å². The molecule has 0 amide bonds. The molecule has 62 valence electrons. The maximum Gasteiger partial charge on any atom is 0.126 e. The maximum absolute atomic E-state index is 9.46. The number of halogens is 1. The average Bonchev–Trinajstić information content (AvgIpc) is 2.29. The molecule has 0 bridgehead atoms. The maximum atomic E-state index is 9.46. The summed E-state index contributed by atoms with van der Waals surface area (Å²) in [6.45, 7) is 1.88. The van der Waals surface area contributed by atoms with Crippen LogP contribution in [0.1, 0.15) is 5.69 Å². The molecule has 2 rings (SSSR count). The highest BCUT2D eigenvalue weighted by atomic mass is 35.5. The average molecular weight is 182 g/mol. The largest absolute Gasteiger partial charge is 0.507 e. The van der Waals surface area contributed by atoms with Gasteiger partial charge in [0.15, 0.2) is 0 Å². The van der Waals surface area contributed by atoms with Crippen molar-refractivity contribution in [2.24, 2.45) is 0 Å². The number of phenolic OH excluding ortho intramolecular Hbond substituents is 1. The van der Waals surface area contributed by atoms with Crippen molar-refractivity contribution in [1.82, 2.24) is 4.98 Å². The Kier molecular flexibility index (Phi) is 1.51. The second-order valence-corrected chi connectivity index (χ2v) is 3.14. The Morgan fingerprint density at radius 3 is 2.83 bits per heavy atom. The van der Waals surface area contributed by atoms with Crippen LogP contribution in [0.4, 0.5) is 0 Å². The highest BCUT2D eigenvalue weighted by Crippen LogP contribution is 2.33. The van der Waals surface area contributed by atoms with Gasteiger partial charge in [0.2, 0.25) is 0 Å². The van der Waals surface area contributed by atoms with Crippen LogP contribution in [-0.2, 0) is 0 Å². The molecular weight excluding hydrogens is 174 g/mol. The molecule has 3 heteroatoms. The van der Waals surface area contributed by atoms with Gasteiger partial charge in [-0.15, -0.1) is 0 Å². The van der Waals surface area contributed by atoms with Gasteiger partial charge in [-0.05, 0) is 19.1 Å². The van der Waals surface area contributed by atoms with Crippen molar-refractivity contribution >= 4 is 22.5 Å². The van der Waals surface area contributed by atoms with Crippen molar-refractivity contribution in [3.63, 3.8) is 0 Å². The van der Waals surface area contributed by atoms with Gasteiger partial charge >= 0.3 is 0 Å². The molecule has 0 radical (unpaired) electrons. The molecule has 0 atom stereocenters. The van der Waals surface area contributed by atoms with Crippen LogP contribution in [0, 0.1) is 6.92 Å². The van der Waals surface area contributed by atoms with Crippen molar-refractivity contribution in [3.8, 4) is 5.75 Å². The molecule has 12 heavy (non-hydrogen) atoms. The molecule has 0 aliphatic heterocycles. The van der Waals surface area contributed by atoms with Crippen molar-refractivity contribution in [1.29, 1.82) is 0 Å². The lowest BCUT2D eigenvalue weighted by Gasteiger charge is -1.93. The fraction of sp³-hybridized carbons (Fsp3) is 0.111. The standard InChI is InChI=1S/C9H8ClNO/c1-5-9(10)8-6(11-5)3-2-4-7(8)12/h2-4,11-12H,1H3. The summed E-state index contributed by atoms with van der Waals surface area (Å²) in [5.41, 5.74) is 1.76. The molecule has 0 spiro atoms. The Morgan fingerprint density at radius 2 is 2.17 bits per heavy atom. The summed E-state index contributed by atoms with van der Waals surface area (Å²) in [4.78, 5) is 3.08. The number of aryl methyl sites for hydroxylation is 1. The van der Waals surface area contributed by atoms with Crippen LogP contribution in [0.2, 0.25) is 5.02 Å². The number of aromatic amines is 1. The molecule has 0 fully saturated rings. The van der Waals surface area contributed by atoms with Crippen LogP contribution >= 0.6 is 11.6 Å². The number of aromatic hydroxyl groups is 1. The Morgan fingerprint density at radius 1 is 1.42 bits per heavy atom. The number of phenols is 1. The lowest BCUT2D eigenvalue weighted by molar-refractivity contribution is 0.482. The molecular formula is C9H8ClNO. The van der Waals surface area contributed by atoms with E-state index in [-0.39, 0.29) is 5.75 Å². The van der Waals surface area contributed by atoms with E-state index in [1.807, 2.05) is 13.0 Å². The lowest BCUT2D eigenvalue weighted by Crippen LogP contribution is -1.67. The van der Waals surface area contributed by atoms with E-state index in [1.54, 1.807) is 12.1 Å². The summed E-state index contributed by atoms with van der Waals surface area (Å²) in [5, 5.41) is 10.8. The second-order valence-electron chi connectivity index (χ2n) is 2.76. The van der Waals surface area contributed by atoms with Crippen LogP contribution in [0.3, 0.4) is 0 Å². The van der Waals surface area contributed by atoms with Crippen LogP contribution in [-0.4, -0.2) is 10.1 Å². The molecule has 0 unspecified atom stereocenters. The van der Waals surface area contributed by atoms with Crippen LogP contribution < -0.4 is 0 Å². The Hall–Kier alpha value is -1.15. The predicted octanol–water partition coefficient (Wildman–Crippen LogP) is 2.84. The highest BCUT2D eigenvalue weighted by molar-refractivity contribution is 6.36. The van der Waals surface area contributed by atoms with Gasteiger partial charge in [-0.2, -0.15) is 0 Å². The van der Waals surface area contributed by atoms with E-state index < -0.39 is 0 Å². The minimum Gasteiger partial charge on any atom is -0.507 e. The van der Waals surface area contributed by atoms with E-state index in [0.717, 1.165) is 11.2 Å². The third kappa shape index (κ3) is 0.883. The van der Waals surface area contributed by atoms with E-state index in [9.17, 15) is 5.11 Å². The van der Waals surface area contributed by atoms with Gasteiger partial charge in [-0.1, -0.05) is 17.7 Å². The van der Waals surface area contributed by atoms with Gasteiger partial charge in [-0.3, -0.25) is 0 Å². The van der Waals surface area contributed by atoms with E-state index >= 15 is 0 Å². The number of H-pyrrole nitrogens is 1. The first kappa shape index (κ1) is 7.50. The number of nitrogens with one attached hydrogen (secondary N) is 1. The van der Waals surface area contributed by atoms with E-state index in [2.05, 4.69) is 4.98 Å². The summed E-state index contributed by atoms with van der Waals surface area (Å²) in [5.74, 6) is 0.224. The monoisotopic (exact) mass is 181 g/mol. The van der Waals surface area contributed by atoms with Crippen LogP contribution in [0.15, 0.2) is 18.2 Å². The summed E-state index contributed by atoms with van der Waals surface area (Å²) in [6.07, 6.45) is 0. The van der Waals surface area contributed by atoms with Gasteiger partial charge in [0, 0.05) is 5.69 Å². The topological polar surface area (TPSA) is 36.0 Å². The van der Waals surface area contributed by atoms with Crippen LogP contribution in [0.5, 0.6) is 5.75 Å². The Balaban J connectivity index is 2.97. The van der Waals surface area contributed by atoms with Crippen molar-refractivity contribution < 1.29 is 5.11 Å². The Labute approximate surface area is 74.8 Å². The number of rotatable bonds is 0. The molecule has 0 saturated heterocycles. The molecule has 2 aromatic rings. The SMILES string of the molecule is Cc1[nH]c2cccc(O)c2c1Cl. The molecule has 1 heterocycles. The first-order valence-electron chi connectivity index (χ1n) is 3.66. The summed E-state index contributed by atoms with van der Waals surface area (Å²) in [6, 6.07) is 5.29. The fourth-order valence-corrected chi connectivity index (χ4v) is 1.57. The molecule has 0 aliphatic carbocycles. The number of hydrogen-bond donors (Lipinski definition) is 2. The van der Waals surface area contributed by atoms with Gasteiger partial charge in [0.1, 0.15) is 5.75 Å². The number of aromatic nitrogens is 1. The summed E-state index contributed by atoms with van der Waals surface area (Å²) >= 11 is 5.96. The molecule has 2 nitrogen and oxygen atoms in total. The summed E-state index contributed by atoms with van der Waals surface area (Å²) < 4.78 is 0. The molecule has 0 aliphatic rings. The third-order valence-electron chi connectivity index (χ3n) is 1.91. The zero-order valence-electron chi connectivity index (χ0n) is 6.56. The van der Waals surface area contributed by atoms with Gasteiger partial charge in [0.25, 0.3) is 0 Å². The molecule has 2 N–H and O–H groups in total. The van der Waals surface area contributed by atoms with E-state index in [0.29, 0.717) is 10.4 Å². The highest BCUT2D eigenvalue weighted by Gasteiger charge is 2.08. The smallest absolute Gasteiger partial charge is 0.126 e. The van der Waals surface area contributed by atoms with E-state index in [1.165, 1.54) is 0 Å². The minimum atomic E-state index is 0.224. The quantitative estimate of drug-likeness (QED) is 0.644.